The highest BCUT2D eigenvalue weighted by molar-refractivity contribution is 4.78. The molecule has 1 saturated heterocycles. The van der Waals surface area contributed by atoms with Gasteiger partial charge in [0.15, 0.2) is 0 Å². The van der Waals surface area contributed by atoms with Gasteiger partial charge < -0.3 is 10.2 Å². The fourth-order valence-corrected chi connectivity index (χ4v) is 2.97. The molecule has 0 aromatic carbocycles. The summed E-state index contributed by atoms with van der Waals surface area (Å²) in [6.45, 7) is 7.49. The van der Waals surface area contributed by atoms with Gasteiger partial charge in [0.05, 0.1) is 0 Å². The van der Waals surface area contributed by atoms with Crippen LogP contribution in [0.4, 0.5) is 0 Å². The molecule has 1 aliphatic carbocycles. The lowest BCUT2D eigenvalue weighted by Gasteiger charge is -2.30. The smallest absolute Gasteiger partial charge is 0.0194 e. The predicted octanol–water partition coefficient (Wildman–Crippen LogP) is 2.64. The Labute approximate surface area is 101 Å². The van der Waals surface area contributed by atoms with Gasteiger partial charge in [-0.25, -0.2) is 0 Å². The van der Waals surface area contributed by atoms with Crippen molar-refractivity contribution in [1.29, 1.82) is 0 Å². The molecular formula is C14H28N2. The average molecular weight is 224 g/mol. The molecule has 2 rings (SSSR count). The maximum Gasteiger partial charge on any atom is 0.0194 e. The molecule has 1 N–H and O–H groups in total. The second-order valence-corrected chi connectivity index (χ2v) is 5.68. The summed E-state index contributed by atoms with van der Waals surface area (Å²) in [6.07, 6.45) is 9.96. The summed E-state index contributed by atoms with van der Waals surface area (Å²) in [5, 5.41) is 3.69. The molecule has 0 spiro atoms. The van der Waals surface area contributed by atoms with Crippen LogP contribution in [-0.4, -0.2) is 37.1 Å². The van der Waals surface area contributed by atoms with Crippen LogP contribution in [0.25, 0.3) is 0 Å². The van der Waals surface area contributed by atoms with E-state index in [1.54, 1.807) is 0 Å². The molecular weight excluding hydrogens is 196 g/mol. The molecule has 1 atom stereocenters. The number of nitrogens with one attached hydrogen (secondary N) is 1. The molecule has 1 heterocycles. The molecule has 0 amide bonds. The van der Waals surface area contributed by atoms with Crippen LogP contribution in [0.15, 0.2) is 0 Å². The Morgan fingerprint density at radius 2 is 2.06 bits per heavy atom. The molecule has 0 radical (unpaired) electrons. The van der Waals surface area contributed by atoms with Gasteiger partial charge in [-0.1, -0.05) is 32.6 Å². The summed E-state index contributed by atoms with van der Waals surface area (Å²) in [5.74, 6) is 1.07. The van der Waals surface area contributed by atoms with Crippen LogP contribution in [-0.2, 0) is 0 Å². The first-order valence-corrected chi connectivity index (χ1v) is 7.34. The highest BCUT2D eigenvalue weighted by atomic mass is 15.2. The van der Waals surface area contributed by atoms with Gasteiger partial charge in [0.2, 0.25) is 0 Å². The molecule has 2 fully saturated rings. The molecule has 2 nitrogen and oxygen atoms in total. The van der Waals surface area contributed by atoms with Crippen molar-refractivity contribution in [3.63, 3.8) is 0 Å². The second kappa shape index (κ2) is 6.61. The van der Waals surface area contributed by atoms with Crippen LogP contribution < -0.4 is 5.32 Å². The van der Waals surface area contributed by atoms with Crippen LogP contribution in [0.3, 0.4) is 0 Å². The lowest BCUT2D eigenvalue weighted by molar-refractivity contribution is 0.209. The van der Waals surface area contributed by atoms with Crippen molar-refractivity contribution in [3.05, 3.63) is 0 Å². The molecule has 16 heavy (non-hydrogen) atoms. The molecule has 0 bridgehead atoms. The molecule has 94 valence electrons. The van der Waals surface area contributed by atoms with E-state index in [1.807, 2.05) is 0 Å². The third-order valence-corrected chi connectivity index (χ3v) is 4.28. The minimum Gasteiger partial charge on any atom is -0.313 e. The van der Waals surface area contributed by atoms with Crippen molar-refractivity contribution in [2.75, 3.05) is 26.2 Å². The van der Waals surface area contributed by atoms with Gasteiger partial charge in [0.25, 0.3) is 0 Å². The number of rotatable bonds is 5. The summed E-state index contributed by atoms with van der Waals surface area (Å²) >= 11 is 0. The molecule has 1 unspecified atom stereocenters. The predicted molar refractivity (Wildman–Crippen MR) is 69.7 cm³/mol. The van der Waals surface area contributed by atoms with E-state index in [0.717, 1.165) is 12.0 Å². The quantitative estimate of drug-likeness (QED) is 0.772. The van der Waals surface area contributed by atoms with Gasteiger partial charge in [0, 0.05) is 12.6 Å². The van der Waals surface area contributed by atoms with Crippen LogP contribution in [0.1, 0.15) is 51.9 Å². The molecule has 2 heteroatoms. The Kier molecular flexibility index (Phi) is 5.11. The zero-order valence-electron chi connectivity index (χ0n) is 10.9. The molecule has 2 aliphatic rings. The molecule has 0 aromatic heterocycles. The van der Waals surface area contributed by atoms with Crippen molar-refractivity contribution in [1.82, 2.24) is 10.2 Å². The Morgan fingerprint density at radius 3 is 2.75 bits per heavy atom. The monoisotopic (exact) mass is 224 g/mol. The maximum absolute atomic E-state index is 3.69. The normalized spacial score (nSPS) is 28.7. The van der Waals surface area contributed by atoms with E-state index in [-0.39, 0.29) is 0 Å². The van der Waals surface area contributed by atoms with E-state index in [4.69, 9.17) is 0 Å². The molecule has 1 aliphatic heterocycles. The fraction of sp³-hybridized carbons (Fsp3) is 1.00. The summed E-state index contributed by atoms with van der Waals surface area (Å²) in [6, 6.07) is 0.758. The van der Waals surface area contributed by atoms with E-state index in [9.17, 15) is 0 Å². The first kappa shape index (κ1) is 12.4. The van der Waals surface area contributed by atoms with Gasteiger partial charge in [-0.05, 0) is 44.8 Å². The Hall–Kier alpha value is -0.0800. The zero-order chi connectivity index (χ0) is 11.2. The standard InChI is InChI=1S/C14H28N2/c1-2-5-14-12-16(10-4-9-15-14)11-8-13-6-3-7-13/h13-15H,2-12H2,1H3. The van der Waals surface area contributed by atoms with Crippen molar-refractivity contribution >= 4 is 0 Å². The zero-order valence-corrected chi connectivity index (χ0v) is 10.9. The van der Waals surface area contributed by atoms with E-state index in [0.29, 0.717) is 0 Å². The Balaban J connectivity index is 1.69. The van der Waals surface area contributed by atoms with E-state index >= 15 is 0 Å². The van der Waals surface area contributed by atoms with E-state index in [2.05, 4.69) is 17.1 Å². The summed E-state index contributed by atoms with van der Waals surface area (Å²) in [5.41, 5.74) is 0. The number of nitrogens with zero attached hydrogens (tertiary/aromatic N) is 1. The van der Waals surface area contributed by atoms with E-state index in [1.165, 1.54) is 71.1 Å². The lowest BCUT2D eigenvalue weighted by atomic mass is 9.83. The summed E-state index contributed by atoms with van der Waals surface area (Å²) in [7, 11) is 0. The Bertz CT molecular complexity index is 189. The van der Waals surface area contributed by atoms with Crippen LogP contribution in [0, 0.1) is 5.92 Å². The van der Waals surface area contributed by atoms with Crippen molar-refractivity contribution in [3.8, 4) is 0 Å². The van der Waals surface area contributed by atoms with Crippen molar-refractivity contribution < 1.29 is 0 Å². The fourth-order valence-electron chi connectivity index (χ4n) is 2.97. The highest BCUT2D eigenvalue weighted by Crippen LogP contribution is 2.29. The van der Waals surface area contributed by atoms with Crippen LogP contribution >= 0.6 is 0 Å². The van der Waals surface area contributed by atoms with E-state index < -0.39 is 0 Å². The van der Waals surface area contributed by atoms with Crippen LogP contribution in [0.5, 0.6) is 0 Å². The minimum absolute atomic E-state index is 0.758. The summed E-state index contributed by atoms with van der Waals surface area (Å²) in [4.78, 5) is 2.71. The Morgan fingerprint density at radius 1 is 1.19 bits per heavy atom. The number of hydrogen-bond donors (Lipinski definition) is 1. The summed E-state index contributed by atoms with van der Waals surface area (Å²) < 4.78 is 0. The average Bonchev–Trinajstić information content (AvgIpc) is 2.42. The molecule has 0 aromatic rings. The van der Waals surface area contributed by atoms with Crippen LogP contribution in [0.2, 0.25) is 0 Å². The van der Waals surface area contributed by atoms with Gasteiger partial charge in [-0.15, -0.1) is 0 Å². The number of hydrogen-bond acceptors (Lipinski definition) is 2. The first-order valence-electron chi connectivity index (χ1n) is 7.34. The van der Waals surface area contributed by atoms with Gasteiger partial charge in [-0.2, -0.15) is 0 Å². The SMILES string of the molecule is CCCC1CN(CCC2CCC2)CCCN1. The lowest BCUT2D eigenvalue weighted by Crippen LogP contribution is -2.38. The minimum atomic E-state index is 0.758. The van der Waals surface area contributed by atoms with Crippen molar-refractivity contribution in [2.45, 2.75) is 57.9 Å². The second-order valence-electron chi connectivity index (χ2n) is 5.68. The third-order valence-electron chi connectivity index (χ3n) is 4.28. The van der Waals surface area contributed by atoms with Gasteiger partial charge in [0.1, 0.15) is 0 Å². The first-order chi connectivity index (χ1) is 7.88. The highest BCUT2D eigenvalue weighted by Gasteiger charge is 2.20. The molecule has 1 saturated carbocycles. The van der Waals surface area contributed by atoms with Crippen molar-refractivity contribution in [2.24, 2.45) is 5.92 Å². The topological polar surface area (TPSA) is 15.3 Å². The largest absolute Gasteiger partial charge is 0.313 e. The third kappa shape index (κ3) is 3.74. The van der Waals surface area contributed by atoms with Gasteiger partial charge in [-0.3, -0.25) is 0 Å². The maximum atomic E-state index is 3.69. The van der Waals surface area contributed by atoms with Gasteiger partial charge >= 0.3 is 0 Å².